The van der Waals surface area contributed by atoms with Crippen molar-refractivity contribution in [3.63, 3.8) is 0 Å². The second-order valence-electron chi connectivity index (χ2n) is 4.92. The minimum absolute atomic E-state index is 0.0880. The number of hydrogen-bond acceptors (Lipinski definition) is 1. The van der Waals surface area contributed by atoms with E-state index >= 15 is 0 Å². The zero-order valence-electron chi connectivity index (χ0n) is 8.85. The smallest absolute Gasteiger partial charge is 0.146 e. The number of anilines is 1. The summed E-state index contributed by atoms with van der Waals surface area (Å²) in [5, 5.41) is 3.44. The lowest BCUT2D eigenvalue weighted by atomic mass is 9.80. The monoisotopic (exact) mass is 205 g/mol. The second-order valence-corrected chi connectivity index (χ2v) is 4.92. The highest BCUT2D eigenvalue weighted by Gasteiger charge is 2.38. The lowest BCUT2D eigenvalue weighted by Gasteiger charge is -2.34. The predicted molar refractivity (Wildman–Crippen MR) is 59.5 cm³/mol. The van der Waals surface area contributed by atoms with Gasteiger partial charge in [-0.2, -0.15) is 0 Å². The number of rotatable bonds is 0. The molecule has 0 aromatic heterocycles. The van der Waals surface area contributed by atoms with E-state index in [0.29, 0.717) is 0 Å². The van der Waals surface area contributed by atoms with E-state index in [2.05, 4.69) is 11.4 Å². The van der Waals surface area contributed by atoms with E-state index in [9.17, 15) is 4.39 Å². The maximum absolute atomic E-state index is 13.6. The molecule has 1 nitrogen and oxygen atoms in total. The van der Waals surface area contributed by atoms with Crippen molar-refractivity contribution in [3.05, 3.63) is 29.6 Å². The van der Waals surface area contributed by atoms with Crippen molar-refractivity contribution >= 4 is 5.69 Å². The van der Waals surface area contributed by atoms with Crippen LogP contribution in [0, 0.1) is 5.82 Å². The van der Waals surface area contributed by atoms with E-state index in [-0.39, 0.29) is 11.4 Å². The van der Waals surface area contributed by atoms with Gasteiger partial charge in [-0.15, -0.1) is 0 Å². The summed E-state index contributed by atoms with van der Waals surface area (Å²) in [7, 11) is 0. The molecule has 0 radical (unpaired) electrons. The Morgan fingerprint density at radius 3 is 2.67 bits per heavy atom. The molecule has 1 aromatic rings. The van der Waals surface area contributed by atoms with E-state index in [0.717, 1.165) is 17.7 Å². The van der Waals surface area contributed by atoms with Gasteiger partial charge in [0.2, 0.25) is 0 Å². The number of fused-ring (bicyclic) bond motifs is 1. The van der Waals surface area contributed by atoms with Crippen molar-refractivity contribution in [2.24, 2.45) is 0 Å². The zero-order valence-corrected chi connectivity index (χ0v) is 8.85. The van der Waals surface area contributed by atoms with Gasteiger partial charge in [-0.3, -0.25) is 0 Å². The van der Waals surface area contributed by atoms with Crippen LogP contribution in [0.1, 0.15) is 37.7 Å². The molecule has 0 amide bonds. The number of halogens is 1. The van der Waals surface area contributed by atoms with Crippen molar-refractivity contribution in [2.45, 2.75) is 44.1 Å². The Morgan fingerprint density at radius 1 is 1.13 bits per heavy atom. The molecule has 80 valence electrons. The first-order valence-electron chi connectivity index (χ1n) is 5.85. The summed E-state index contributed by atoms with van der Waals surface area (Å²) in [5.74, 6) is -0.0880. The Kier molecular flexibility index (Phi) is 1.98. The first kappa shape index (κ1) is 9.20. The summed E-state index contributed by atoms with van der Waals surface area (Å²) in [4.78, 5) is 0. The third-order valence-corrected chi connectivity index (χ3v) is 3.83. The third-order valence-electron chi connectivity index (χ3n) is 3.83. The van der Waals surface area contributed by atoms with E-state index in [1.165, 1.54) is 32.1 Å². The summed E-state index contributed by atoms with van der Waals surface area (Å²) in [6.45, 7) is 0. The Bertz CT molecular complexity index is 380. The molecule has 1 saturated carbocycles. The molecule has 0 saturated heterocycles. The van der Waals surface area contributed by atoms with E-state index < -0.39 is 0 Å². The quantitative estimate of drug-likeness (QED) is 0.683. The highest BCUT2D eigenvalue weighted by molar-refractivity contribution is 5.60. The van der Waals surface area contributed by atoms with Crippen LogP contribution in [0.4, 0.5) is 10.1 Å². The molecule has 1 spiro atoms. The molecule has 3 rings (SSSR count). The molecule has 1 aliphatic heterocycles. The van der Waals surface area contributed by atoms with E-state index in [4.69, 9.17) is 0 Å². The van der Waals surface area contributed by atoms with Crippen LogP contribution >= 0.6 is 0 Å². The molecule has 1 aromatic carbocycles. The Labute approximate surface area is 89.7 Å². The standard InChI is InChI=1S/C13H16FN/c14-11-6-4-5-10-9-13(15-12(10)11)7-2-1-3-8-13/h4-6,15H,1-3,7-9H2. The highest BCUT2D eigenvalue weighted by Crippen LogP contribution is 2.42. The van der Waals surface area contributed by atoms with Crippen LogP contribution in [0.15, 0.2) is 18.2 Å². The van der Waals surface area contributed by atoms with Crippen LogP contribution in [0.5, 0.6) is 0 Å². The van der Waals surface area contributed by atoms with Crippen LogP contribution in [-0.4, -0.2) is 5.54 Å². The largest absolute Gasteiger partial charge is 0.377 e. The Hall–Kier alpha value is -1.05. The average Bonchev–Trinajstić information content (AvgIpc) is 2.59. The first-order chi connectivity index (χ1) is 7.29. The topological polar surface area (TPSA) is 12.0 Å². The van der Waals surface area contributed by atoms with Crippen molar-refractivity contribution in [1.29, 1.82) is 0 Å². The average molecular weight is 205 g/mol. The van der Waals surface area contributed by atoms with Crippen LogP contribution < -0.4 is 5.32 Å². The van der Waals surface area contributed by atoms with Crippen LogP contribution in [0.2, 0.25) is 0 Å². The van der Waals surface area contributed by atoms with Crippen LogP contribution in [0.25, 0.3) is 0 Å². The van der Waals surface area contributed by atoms with Crippen molar-refractivity contribution < 1.29 is 4.39 Å². The van der Waals surface area contributed by atoms with Crippen LogP contribution in [-0.2, 0) is 6.42 Å². The predicted octanol–water partition coefficient (Wildman–Crippen LogP) is 3.50. The van der Waals surface area contributed by atoms with Crippen molar-refractivity contribution in [1.82, 2.24) is 0 Å². The molecular formula is C13H16FN. The molecular weight excluding hydrogens is 189 g/mol. The molecule has 0 bridgehead atoms. The molecule has 2 heteroatoms. The minimum atomic E-state index is -0.0880. The molecule has 1 aliphatic carbocycles. The molecule has 0 atom stereocenters. The maximum atomic E-state index is 13.6. The van der Waals surface area contributed by atoms with Gasteiger partial charge in [-0.05, 0) is 30.9 Å². The van der Waals surface area contributed by atoms with Gasteiger partial charge >= 0.3 is 0 Å². The summed E-state index contributed by atoms with van der Waals surface area (Å²) in [6, 6.07) is 5.42. The summed E-state index contributed by atoms with van der Waals surface area (Å²) in [5.41, 5.74) is 2.11. The van der Waals surface area contributed by atoms with Gasteiger partial charge in [-0.25, -0.2) is 4.39 Å². The molecule has 0 unspecified atom stereocenters. The van der Waals surface area contributed by atoms with Gasteiger partial charge in [0.1, 0.15) is 5.82 Å². The Balaban J connectivity index is 1.94. The lowest BCUT2D eigenvalue weighted by Crippen LogP contribution is -2.38. The fourth-order valence-corrected chi connectivity index (χ4v) is 3.06. The summed E-state index contributed by atoms with van der Waals surface area (Å²) < 4.78 is 13.6. The molecule has 1 fully saturated rings. The van der Waals surface area contributed by atoms with Gasteiger partial charge in [0, 0.05) is 5.54 Å². The third kappa shape index (κ3) is 1.43. The normalized spacial score (nSPS) is 22.5. The van der Waals surface area contributed by atoms with Gasteiger partial charge in [0.25, 0.3) is 0 Å². The van der Waals surface area contributed by atoms with Gasteiger partial charge in [0.05, 0.1) is 5.69 Å². The molecule has 1 N–H and O–H groups in total. The molecule has 1 heterocycles. The zero-order chi connectivity index (χ0) is 10.3. The second kappa shape index (κ2) is 3.22. The van der Waals surface area contributed by atoms with E-state index in [1.54, 1.807) is 6.07 Å². The number of para-hydroxylation sites is 1. The Morgan fingerprint density at radius 2 is 1.93 bits per heavy atom. The first-order valence-corrected chi connectivity index (χ1v) is 5.85. The maximum Gasteiger partial charge on any atom is 0.146 e. The van der Waals surface area contributed by atoms with Crippen molar-refractivity contribution in [3.8, 4) is 0 Å². The van der Waals surface area contributed by atoms with Crippen molar-refractivity contribution in [2.75, 3.05) is 5.32 Å². The molecule has 2 aliphatic rings. The SMILES string of the molecule is Fc1cccc2c1NC1(CCCCC1)C2. The number of benzene rings is 1. The van der Waals surface area contributed by atoms with Crippen LogP contribution in [0.3, 0.4) is 0 Å². The highest BCUT2D eigenvalue weighted by atomic mass is 19.1. The fourth-order valence-electron chi connectivity index (χ4n) is 3.06. The van der Waals surface area contributed by atoms with Gasteiger partial charge < -0.3 is 5.32 Å². The summed E-state index contributed by atoms with van der Waals surface area (Å²) in [6.07, 6.45) is 7.30. The summed E-state index contributed by atoms with van der Waals surface area (Å²) >= 11 is 0. The fraction of sp³-hybridized carbons (Fsp3) is 0.538. The van der Waals surface area contributed by atoms with E-state index in [1.807, 2.05) is 6.07 Å². The molecule has 15 heavy (non-hydrogen) atoms. The number of hydrogen-bond donors (Lipinski definition) is 1. The minimum Gasteiger partial charge on any atom is -0.377 e. The number of nitrogens with one attached hydrogen (secondary N) is 1. The van der Waals surface area contributed by atoms with Gasteiger partial charge in [-0.1, -0.05) is 31.4 Å². The lowest BCUT2D eigenvalue weighted by molar-refractivity contribution is 0.332. The van der Waals surface area contributed by atoms with Gasteiger partial charge in [0.15, 0.2) is 0 Å².